The van der Waals surface area contributed by atoms with Crippen LogP contribution >= 0.6 is 51.2 Å². The summed E-state index contributed by atoms with van der Waals surface area (Å²) in [6.45, 7) is 0.990. The molecule has 1 aliphatic heterocycles. The van der Waals surface area contributed by atoms with Gasteiger partial charge in [-0.15, -0.1) is 0 Å². The largest absolute Gasteiger partial charge is 0.481 e. The zero-order chi connectivity index (χ0) is 47.0. The second kappa shape index (κ2) is 21.9. The van der Waals surface area contributed by atoms with Gasteiger partial charge >= 0.3 is 23.5 Å². The summed E-state index contributed by atoms with van der Waals surface area (Å²) in [5.74, 6) is -0.960. The number of ether oxygens (including phenoxy) is 1. The van der Waals surface area contributed by atoms with Crippen LogP contribution in [0.15, 0.2) is 41.5 Å². The number of anilines is 1. The van der Waals surface area contributed by atoms with Crippen molar-refractivity contribution in [2.24, 2.45) is 5.41 Å². The summed E-state index contributed by atoms with van der Waals surface area (Å²) in [5.41, 5.74) is 6.34. The van der Waals surface area contributed by atoms with Crippen LogP contribution in [0.2, 0.25) is 0 Å². The number of nitrogens with zero attached hydrogens (tertiary/aromatic N) is 4. The highest BCUT2D eigenvalue weighted by atomic mass is 79.9. The molecule has 12 N–H and O–H groups in total. The molecule has 3 aromatic heterocycles. The first kappa shape index (κ1) is 51.6. The van der Waals surface area contributed by atoms with Crippen molar-refractivity contribution >= 4 is 96.8 Å². The Bertz CT molecular complexity index is 2440. The summed E-state index contributed by atoms with van der Waals surface area (Å²) in [5, 5.41) is 30.5. The van der Waals surface area contributed by atoms with Gasteiger partial charge in [0.1, 0.15) is 36.3 Å². The number of carbonyl (C=O) groups is 3. The molecule has 26 nitrogen and oxygen atoms in total. The molecular weight excluding hydrogens is 999 g/mol. The standard InChI is InChI=1S/C33H47BrN9O17P3S/c1-33(2,28(47)31(48)38-8-6-23(44)37-9-10-64-14-24(45)36-7-5-18-12-39-21-4-3-19(34)11-20(18)21)15-57-63(54,55)60-62(52,53)56-13-22-27(59-61(49,50)51)26(46)32(58-22)43-17-42-25-29(35)40-16-41-30(25)43/h3-4,11-12,16-17,22,26-28,32,39,46-47H,5-10,13-15H2,1-2H3,(H,36,45)(H,37,44)(H,38,48)(H,52,53)(H,54,55)(H2,35,40,41)(H2,49,50,51). The van der Waals surface area contributed by atoms with Crippen molar-refractivity contribution in [3.8, 4) is 0 Å². The van der Waals surface area contributed by atoms with Gasteiger partial charge in [0.05, 0.1) is 25.3 Å². The predicted molar refractivity (Wildman–Crippen MR) is 230 cm³/mol. The van der Waals surface area contributed by atoms with Crippen LogP contribution in [-0.4, -0.2) is 141 Å². The van der Waals surface area contributed by atoms with Crippen LogP contribution in [0.4, 0.5) is 5.82 Å². The Hall–Kier alpha value is -3.40. The van der Waals surface area contributed by atoms with E-state index in [1.54, 1.807) is 0 Å². The molecule has 0 saturated carbocycles. The number of aliphatic hydroxyl groups excluding tert-OH is 2. The normalized spacial score (nSPS) is 20.5. The predicted octanol–water partition coefficient (Wildman–Crippen LogP) is 0.741. The van der Waals surface area contributed by atoms with E-state index in [4.69, 9.17) is 19.5 Å². The molecule has 3 amide bonds. The number of fused-ring (bicyclic) bond motifs is 2. The number of nitrogen functional groups attached to an aromatic ring is 1. The van der Waals surface area contributed by atoms with Crippen molar-refractivity contribution in [2.75, 3.05) is 50.1 Å². The number of thioether (sulfide) groups is 1. The molecule has 1 aromatic carbocycles. The van der Waals surface area contributed by atoms with Crippen LogP contribution in [-0.2, 0) is 57.1 Å². The Labute approximate surface area is 376 Å². The number of imidazole rings is 1. The summed E-state index contributed by atoms with van der Waals surface area (Å²) in [4.78, 5) is 91.5. The maximum absolute atomic E-state index is 12.7. The quantitative estimate of drug-likeness (QED) is 0.0340. The molecule has 4 aromatic rings. The van der Waals surface area contributed by atoms with Crippen molar-refractivity contribution in [3.05, 3.63) is 47.1 Å². The van der Waals surface area contributed by atoms with Crippen LogP contribution in [0, 0.1) is 5.41 Å². The van der Waals surface area contributed by atoms with Crippen LogP contribution < -0.4 is 21.7 Å². The van der Waals surface area contributed by atoms with Gasteiger partial charge in [-0.1, -0.05) is 29.8 Å². The number of phosphoric ester groups is 3. The molecule has 7 atom stereocenters. The first-order valence-corrected chi connectivity index (χ1v) is 25.4. The number of nitrogens with two attached hydrogens (primary N) is 1. The maximum Gasteiger partial charge on any atom is 0.481 e. The van der Waals surface area contributed by atoms with Gasteiger partial charge in [0.15, 0.2) is 17.7 Å². The van der Waals surface area contributed by atoms with Gasteiger partial charge in [-0.25, -0.2) is 28.6 Å². The molecule has 354 valence electrons. The Morgan fingerprint density at radius 1 is 1.03 bits per heavy atom. The number of phosphoric acid groups is 3. The minimum atomic E-state index is -5.58. The highest BCUT2D eigenvalue weighted by molar-refractivity contribution is 9.10. The van der Waals surface area contributed by atoms with Crippen molar-refractivity contribution < 1.29 is 80.5 Å². The molecule has 4 heterocycles. The first-order valence-electron chi connectivity index (χ1n) is 18.9. The number of hydrogen-bond acceptors (Lipinski definition) is 18. The molecule has 31 heteroatoms. The van der Waals surface area contributed by atoms with E-state index in [0.29, 0.717) is 18.7 Å². The number of nitrogens with one attached hydrogen (secondary N) is 4. The van der Waals surface area contributed by atoms with E-state index >= 15 is 0 Å². The van der Waals surface area contributed by atoms with E-state index in [-0.39, 0.29) is 48.2 Å². The third kappa shape index (κ3) is 14.5. The van der Waals surface area contributed by atoms with Crippen molar-refractivity contribution in [1.29, 1.82) is 0 Å². The minimum Gasteiger partial charge on any atom is -0.386 e. The highest BCUT2D eigenvalue weighted by Gasteiger charge is 2.50. The molecule has 1 aliphatic rings. The summed E-state index contributed by atoms with van der Waals surface area (Å²) < 4.78 is 63.3. The summed E-state index contributed by atoms with van der Waals surface area (Å²) in [6.07, 6.45) is -4.38. The lowest BCUT2D eigenvalue weighted by Gasteiger charge is -2.30. The van der Waals surface area contributed by atoms with Gasteiger partial charge in [0, 0.05) is 58.8 Å². The van der Waals surface area contributed by atoms with Crippen molar-refractivity contribution in [3.63, 3.8) is 0 Å². The third-order valence-electron chi connectivity index (χ3n) is 9.33. The van der Waals surface area contributed by atoms with E-state index in [0.717, 1.165) is 38.2 Å². The number of aromatic nitrogens is 5. The van der Waals surface area contributed by atoms with Crippen LogP contribution in [0.1, 0.15) is 32.1 Å². The molecule has 0 bridgehead atoms. The minimum absolute atomic E-state index is 0.0284. The topological polar surface area (TPSA) is 391 Å². The number of H-pyrrole nitrogens is 1. The Morgan fingerprint density at radius 3 is 2.48 bits per heavy atom. The van der Waals surface area contributed by atoms with Crippen LogP contribution in [0.5, 0.6) is 0 Å². The summed E-state index contributed by atoms with van der Waals surface area (Å²) in [6, 6.07) is 5.92. The van der Waals surface area contributed by atoms with E-state index in [2.05, 4.69) is 60.7 Å². The lowest BCUT2D eigenvalue weighted by atomic mass is 9.87. The number of amides is 3. The lowest BCUT2D eigenvalue weighted by molar-refractivity contribution is -0.137. The number of aromatic amines is 1. The second-order valence-corrected chi connectivity index (χ2v) is 21.0. The summed E-state index contributed by atoms with van der Waals surface area (Å²) >= 11 is 4.79. The lowest BCUT2D eigenvalue weighted by Crippen LogP contribution is -2.46. The molecule has 0 radical (unpaired) electrons. The number of hydrogen-bond donors (Lipinski definition) is 11. The maximum atomic E-state index is 12.7. The van der Waals surface area contributed by atoms with E-state index in [9.17, 15) is 57.9 Å². The zero-order valence-corrected chi connectivity index (χ0v) is 39.0. The summed E-state index contributed by atoms with van der Waals surface area (Å²) in [7, 11) is -16.4. The van der Waals surface area contributed by atoms with Crippen molar-refractivity contribution in [1.82, 2.24) is 40.5 Å². The SMILES string of the molecule is CC(C)(COP(=O)(O)OP(=O)(O)OCC1OC(n2cnc3c(N)ncnc32)C(O)C1OP(=O)(O)O)C(O)C(=O)NCCC(=O)NCCSCC(=O)NCCc1c[nH]c2ccc(Br)cc12. The fourth-order valence-electron chi connectivity index (χ4n) is 6.11. The van der Waals surface area contributed by atoms with Crippen LogP contribution in [0.25, 0.3) is 22.1 Å². The Morgan fingerprint density at radius 2 is 1.75 bits per heavy atom. The van der Waals surface area contributed by atoms with Gasteiger partial charge in [0.2, 0.25) is 17.7 Å². The van der Waals surface area contributed by atoms with Gasteiger partial charge in [0.25, 0.3) is 0 Å². The average Bonchev–Trinajstić information content (AvgIpc) is 3.90. The smallest absolute Gasteiger partial charge is 0.386 e. The monoisotopic (exact) mass is 1050 g/mol. The molecule has 1 saturated heterocycles. The highest BCUT2D eigenvalue weighted by Crippen LogP contribution is 2.61. The Kier molecular flexibility index (Phi) is 17.7. The zero-order valence-electron chi connectivity index (χ0n) is 33.9. The molecule has 0 spiro atoms. The van der Waals surface area contributed by atoms with Gasteiger partial charge < -0.3 is 61.2 Å². The van der Waals surface area contributed by atoms with Gasteiger partial charge in [-0.05, 0) is 30.2 Å². The second-order valence-electron chi connectivity index (χ2n) is 14.7. The first-order chi connectivity index (χ1) is 29.9. The number of carbonyl (C=O) groups excluding carboxylic acids is 3. The number of halogens is 1. The van der Waals surface area contributed by atoms with Crippen molar-refractivity contribution in [2.45, 2.75) is 57.3 Å². The Balaban J connectivity index is 0.985. The third-order valence-corrected chi connectivity index (χ3v) is 13.9. The molecule has 5 rings (SSSR count). The molecular formula is C33H47BrN9O17P3S. The van der Waals surface area contributed by atoms with E-state index in [1.807, 2.05) is 24.4 Å². The number of benzene rings is 1. The average molecular weight is 1050 g/mol. The van der Waals surface area contributed by atoms with Gasteiger partial charge in [-0.3, -0.25) is 32.5 Å². The molecule has 7 unspecified atom stereocenters. The number of aliphatic hydroxyl groups is 2. The fourth-order valence-corrected chi connectivity index (χ4v) is 9.98. The molecule has 0 aliphatic carbocycles. The fraction of sp³-hybridized carbons (Fsp3) is 0.515. The molecule has 1 fully saturated rings. The number of rotatable bonds is 24. The van der Waals surface area contributed by atoms with Gasteiger partial charge in [-0.2, -0.15) is 16.1 Å². The van der Waals surface area contributed by atoms with Crippen LogP contribution in [0.3, 0.4) is 0 Å². The van der Waals surface area contributed by atoms with E-state index in [1.165, 1.54) is 25.6 Å². The van der Waals surface area contributed by atoms with E-state index < -0.39 is 84.6 Å². The molecule has 64 heavy (non-hydrogen) atoms.